The standard InChI is InChI=1S/C19H14F6N2/c20-18(21,22)12-5-14(19(23,24)25)13-7-16(27-15(13)6-12)17(26)8-10-3-1-2-4-11(10)9-17/h1-7,27H,8-9,26H2. The maximum Gasteiger partial charge on any atom is 0.417 e. The van der Waals surface area contributed by atoms with Crippen LogP contribution in [0.3, 0.4) is 0 Å². The summed E-state index contributed by atoms with van der Waals surface area (Å²) in [4.78, 5) is 2.71. The maximum absolute atomic E-state index is 13.4. The van der Waals surface area contributed by atoms with Crippen LogP contribution >= 0.6 is 0 Å². The van der Waals surface area contributed by atoms with E-state index in [0.717, 1.165) is 11.1 Å². The van der Waals surface area contributed by atoms with Gasteiger partial charge >= 0.3 is 12.4 Å². The van der Waals surface area contributed by atoms with E-state index in [1.807, 2.05) is 24.3 Å². The fourth-order valence-corrected chi connectivity index (χ4v) is 3.74. The number of hydrogen-bond acceptors (Lipinski definition) is 1. The largest absolute Gasteiger partial charge is 0.417 e. The second-order valence-electron chi connectivity index (χ2n) is 6.94. The van der Waals surface area contributed by atoms with Gasteiger partial charge in [0.15, 0.2) is 0 Å². The Kier molecular flexibility index (Phi) is 3.66. The van der Waals surface area contributed by atoms with E-state index >= 15 is 0 Å². The van der Waals surface area contributed by atoms with Gasteiger partial charge in [-0.05, 0) is 42.2 Å². The van der Waals surface area contributed by atoms with Crippen LogP contribution in [0.1, 0.15) is 27.9 Å². The smallest absolute Gasteiger partial charge is 0.357 e. The van der Waals surface area contributed by atoms with Crippen LogP contribution in [0.25, 0.3) is 10.9 Å². The summed E-state index contributed by atoms with van der Waals surface area (Å²) in [6.07, 6.45) is -9.02. The molecule has 2 aromatic carbocycles. The van der Waals surface area contributed by atoms with Crippen molar-refractivity contribution >= 4 is 10.9 Å². The van der Waals surface area contributed by atoms with E-state index in [1.54, 1.807) is 0 Å². The number of halogens is 6. The third-order valence-electron chi connectivity index (χ3n) is 5.04. The highest BCUT2D eigenvalue weighted by Crippen LogP contribution is 2.42. The zero-order chi connectivity index (χ0) is 19.6. The monoisotopic (exact) mass is 384 g/mol. The summed E-state index contributed by atoms with van der Waals surface area (Å²) in [5.41, 5.74) is 4.79. The Bertz CT molecular complexity index is 1000. The van der Waals surface area contributed by atoms with Gasteiger partial charge in [-0.1, -0.05) is 24.3 Å². The van der Waals surface area contributed by atoms with Gasteiger partial charge < -0.3 is 10.7 Å². The van der Waals surface area contributed by atoms with E-state index in [0.29, 0.717) is 24.6 Å². The Morgan fingerprint density at radius 1 is 0.852 bits per heavy atom. The minimum absolute atomic E-state index is 0.145. The number of nitrogens with one attached hydrogen (secondary N) is 1. The van der Waals surface area contributed by atoms with Gasteiger partial charge in [0.2, 0.25) is 0 Å². The third-order valence-corrected chi connectivity index (χ3v) is 5.04. The van der Waals surface area contributed by atoms with Gasteiger partial charge in [-0.3, -0.25) is 0 Å². The summed E-state index contributed by atoms with van der Waals surface area (Å²) in [6, 6.07) is 9.52. The molecule has 4 rings (SSSR count). The average molecular weight is 384 g/mol. The number of nitrogens with two attached hydrogens (primary N) is 1. The molecule has 3 N–H and O–H groups in total. The number of H-pyrrole nitrogens is 1. The first-order chi connectivity index (χ1) is 12.5. The quantitative estimate of drug-likeness (QED) is 0.559. The van der Waals surface area contributed by atoms with Crippen molar-refractivity contribution in [2.75, 3.05) is 0 Å². The van der Waals surface area contributed by atoms with Gasteiger partial charge in [0.25, 0.3) is 0 Å². The van der Waals surface area contributed by atoms with Crippen LogP contribution in [0.15, 0.2) is 42.5 Å². The maximum atomic E-state index is 13.4. The summed E-state index contributed by atoms with van der Waals surface area (Å²) >= 11 is 0. The Labute approximate surface area is 150 Å². The predicted molar refractivity (Wildman–Crippen MR) is 88.0 cm³/mol. The van der Waals surface area contributed by atoms with Crippen LogP contribution in [0.5, 0.6) is 0 Å². The highest BCUT2D eigenvalue weighted by Gasteiger charge is 2.41. The van der Waals surface area contributed by atoms with E-state index in [2.05, 4.69) is 4.98 Å². The zero-order valence-electron chi connectivity index (χ0n) is 13.8. The molecule has 1 heterocycles. The zero-order valence-corrected chi connectivity index (χ0v) is 13.8. The molecule has 0 amide bonds. The molecule has 3 aromatic rings. The van der Waals surface area contributed by atoms with Crippen molar-refractivity contribution < 1.29 is 26.3 Å². The molecule has 0 bridgehead atoms. The average Bonchev–Trinajstić information content (AvgIpc) is 3.12. The minimum Gasteiger partial charge on any atom is -0.357 e. The van der Waals surface area contributed by atoms with Crippen molar-refractivity contribution in [3.63, 3.8) is 0 Å². The highest BCUT2D eigenvalue weighted by molar-refractivity contribution is 5.86. The molecule has 142 valence electrons. The van der Waals surface area contributed by atoms with Crippen LogP contribution in [-0.4, -0.2) is 4.98 Å². The second-order valence-corrected chi connectivity index (χ2v) is 6.94. The Morgan fingerprint density at radius 3 is 1.96 bits per heavy atom. The molecule has 27 heavy (non-hydrogen) atoms. The molecule has 0 aliphatic heterocycles. The molecule has 1 aromatic heterocycles. The topological polar surface area (TPSA) is 41.8 Å². The third kappa shape index (κ3) is 2.97. The lowest BCUT2D eigenvalue weighted by Gasteiger charge is -2.22. The van der Waals surface area contributed by atoms with E-state index in [1.165, 1.54) is 6.07 Å². The number of rotatable bonds is 1. The molecule has 2 nitrogen and oxygen atoms in total. The molecule has 0 atom stereocenters. The first-order valence-electron chi connectivity index (χ1n) is 8.15. The first-order valence-corrected chi connectivity index (χ1v) is 8.15. The first kappa shape index (κ1) is 17.9. The second kappa shape index (κ2) is 5.51. The molecule has 1 aliphatic carbocycles. The number of fused-ring (bicyclic) bond motifs is 2. The summed E-state index contributed by atoms with van der Waals surface area (Å²) < 4.78 is 79.2. The Balaban J connectivity index is 1.88. The predicted octanol–water partition coefficient (Wildman–Crippen LogP) is 5.16. The van der Waals surface area contributed by atoms with Crippen LogP contribution in [0.4, 0.5) is 26.3 Å². The van der Waals surface area contributed by atoms with Crippen LogP contribution in [0, 0.1) is 0 Å². The summed E-state index contributed by atoms with van der Waals surface area (Å²) in [5, 5.41) is -0.314. The molecule has 0 unspecified atom stereocenters. The van der Waals surface area contributed by atoms with E-state index in [9.17, 15) is 26.3 Å². The molecule has 0 spiro atoms. The molecule has 0 saturated carbocycles. The minimum atomic E-state index is -4.92. The number of benzene rings is 2. The normalized spacial score (nSPS) is 16.7. The lowest BCUT2D eigenvalue weighted by atomic mass is 9.92. The van der Waals surface area contributed by atoms with Crippen LogP contribution < -0.4 is 5.73 Å². The van der Waals surface area contributed by atoms with Gasteiger partial charge in [-0.15, -0.1) is 0 Å². The van der Waals surface area contributed by atoms with Gasteiger partial charge in [0, 0.05) is 16.6 Å². The molecule has 0 radical (unpaired) electrons. The van der Waals surface area contributed by atoms with Crippen molar-refractivity contribution in [2.45, 2.75) is 30.7 Å². The number of alkyl halides is 6. The molecular weight excluding hydrogens is 370 g/mol. The highest BCUT2D eigenvalue weighted by atomic mass is 19.4. The van der Waals surface area contributed by atoms with Gasteiger partial charge in [0.1, 0.15) is 0 Å². The van der Waals surface area contributed by atoms with Crippen molar-refractivity contribution in [1.29, 1.82) is 0 Å². The molecular formula is C19H14F6N2. The molecule has 0 fully saturated rings. The summed E-state index contributed by atoms with van der Waals surface area (Å²) in [5.74, 6) is 0. The van der Waals surface area contributed by atoms with Crippen molar-refractivity contribution in [2.24, 2.45) is 5.73 Å². The molecule has 1 aliphatic rings. The summed E-state index contributed by atoms with van der Waals surface area (Å²) in [6.45, 7) is 0. The van der Waals surface area contributed by atoms with E-state index in [4.69, 9.17) is 5.73 Å². The fourth-order valence-electron chi connectivity index (χ4n) is 3.74. The Hall–Kier alpha value is -2.48. The van der Waals surface area contributed by atoms with E-state index < -0.39 is 29.0 Å². The van der Waals surface area contributed by atoms with Crippen LogP contribution in [-0.2, 0) is 30.7 Å². The van der Waals surface area contributed by atoms with Crippen molar-refractivity contribution in [1.82, 2.24) is 4.98 Å². The number of hydrogen-bond donors (Lipinski definition) is 2. The lowest BCUT2D eigenvalue weighted by molar-refractivity contribution is -0.142. The van der Waals surface area contributed by atoms with Crippen molar-refractivity contribution in [3.05, 3.63) is 70.4 Å². The Morgan fingerprint density at radius 2 is 1.44 bits per heavy atom. The fraction of sp³-hybridized carbons (Fsp3) is 0.263. The van der Waals surface area contributed by atoms with Gasteiger partial charge in [0.05, 0.1) is 16.7 Å². The van der Waals surface area contributed by atoms with Crippen molar-refractivity contribution in [3.8, 4) is 0 Å². The number of aromatic nitrogens is 1. The summed E-state index contributed by atoms with van der Waals surface area (Å²) in [7, 11) is 0. The molecule has 0 saturated heterocycles. The van der Waals surface area contributed by atoms with E-state index in [-0.39, 0.29) is 17.0 Å². The lowest BCUT2D eigenvalue weighted by Crippen LogP contribution is -2.37. The SMILES string of the molecule is NC1(c2cc3c(C(F)(F)F)cc(C(F)(F)F)cc3[nH]2)Cc2ccccc2C1. The van der Waals surface area contributed by atoms with Crippen LogP contribution in [0.2, 0.25) is 0 Å². The van der Waals surface area contributed by atoms with Gasteiger partial charge in [-0.2, -0.15) is 26.3 Å². The number of aromatic amines is 1. The molecule has 8 heteroatoms. The van der Waals surface area contributed by atoms with Gasteiger partial charge in [-0.25, -0.2) is 0 Å².